The van der Waals surface area contributed by atoms with Crippen molar-refractivity contribution in [2.75, 3.05) is 30.8 Å². The Labute approximate surface area is 120 Å². The first-order valence-electron chi connectivity index (χ1n) is 5.68. The number of nitrogens with zero attached hydrogens (tertiary/aromatic N) is 3. The lowest BCUT2D eigenvalue weighted by Gasteiger charge is -2.33. The highest BCUT2D eigenvalue weighted by atomic mass is 79.9. The summed E-state index contributed by atoms with van der Waals surface area (Å²) in [6.07, 6.45) is 0. The van der Waals surface area contributed by atoms with Gasteiger partial charge in [-0.15, -0.1) is 11.3 Å². The molecular weight excluding hydrogens is 338 g/mol. The van der Waals surface area contributed by atoms with Gasteiger partial charge in [-0.05, 0) is 6.92 Å². The van der Waals surface area contributed by atoms with Crippen LogP contribution >= 0.6 is 27.3 Å². The molecule has 1 aliphatic rings. The molecule has 1 aliphatic heterocycles. The molecule has 102 valence electrons. The van der Waals surface area contributed by atoms with E-state index in [1.54, 1.807) is 15.6 Å². The second-order valence-corrected chi connectivity index (χ2v) is 8.59. The van der Waals surface area contributed by atoms with E-state index in [4.69, 9.17) is 0 Å². The number of aryl methyl sites for hydroxylation is 1. The van der Waals surface area contributed by atoms with E-state index in [1.807, 2.05) is 6.92 Å². The first-order chi connectivity index (χ1) is 8.51. The third-order valence-electron chi connectivity index (χ3n) is 2.91. The van der Waals surface area contributed by atoms with Crippen LogP contribution in [0.1, 0.15) is 10.7 Å². The van der Waals surface area contributed by atoms with Crippen LogP contribution < -0.4 is 0 Å². The third kappa shape index (κ3) is 3.51. The molecule has 18 heavy (non-hydrogen) atoms. The summed E-state index contributed by atoms with van der Waals surface area (Å²) in [5.41, 5.74) is 1.08. The maximum atomic E-state index is 11.7. The van der Waals surface area contributed by atoms with Gasteiger partial charge >= 0.3 is 0 Å². The number of thiazole rings is 1. The molecule has 8 heteroatoms. The van der Waals surface area contributed by atoms with Crippen LogP contribution in [0.15, 0.2) is 5.38 Å². The monoisotopic (exact) mass is 353 g/mol. The van der Waals surface area contributed by atoms with Gasteiger partial charge in [0.1, 0.15) is 4.66 Å². The minimum atomic E-state index is -3.10. The Morgan fingerprint density at radius 2 is 2.06 bits per heavy atom. The lowest BCUT2D eigenvalue weighted by molar-refractivity contribution is 0.180. The van der Waals surface area contributed by atoms with Crippen molar-refractivity contribution in [3.05, 3.63) is 16.1 Å². The van der Waals surface area contributed by atoms with E-state index >= 15 is 0 Å². The summed E-state index contributed by atoms with van der Waals surface area (Å²) in [4.78, 5) is 6.67. The first kappa shape index (κ1) is 14.4. The predicted octanol–water partition coefficient (Wildman–Crippen LogP) is 1.25. The van der Waals surface area contributed by atoms with Crippen molar-refractivity contribution in [2.24, 2.45) is 0 Å². The maximum Gasteiger partial charge on any atom is 0.224 e. The Morgan fingerprint density at radius 3 is 2.56 bits per heavy atom. The van der Waals surface area contributed by atoms with Crippen LogP contribution in [0.2, 0.25) is 0 Å². The number of aromatic nitrogens is 1. The van der Waals surface area contributed by atoms with Gasteiger partial charge in [-0.25, -0.2) is 13.4 Å². The molecule has 0 saturated carbocycles. The summed E-state index contributed by atoms with van der Waals surface area (Å²) in [6.45, 7) is 5.47. The maximum absolute atomic E-state index is 11.7. The van der Waals surface area contributed by atoms with E-state index in [1.165, 1.54) is 0 Å². The van der Waals surface area contributed by atoms with Crippen LogP contribution in [0.4, 0.5) is 0 Å². The van der Waals surface area contributed by atoms with Crippen molar-refractivity contribution in [3.63, 3.8) is 0 Å². The van der Waals surface area contributed by atoms with Gasteiger partial charge in [-0.1, -0.05) is 15.9 Å². The van der Waals surface area contributed by atoms with Crippen molar-refractivity contribution < 1.29 is 8.42 Å². The summed E-state index contributed by atoms with van der Waals surface area (Å²) in [7, 11) is -3.10. The number of piperazine rings is 1. The standard InChI is InChI=1S/C10H16BrN3O2S2/c1-9-12-10(7-17-9)6-13-2-4-14(5-3-13)18(15,16)8-11/h7H,2-6,8H2,1H3. The minimum Gasteiger partial charge on any atom is -0.295 e. The lowest BCUT2D eigenvalue weighted by atomic mass is 10.3. The Kier molecular flexibility index (Phi) is 4.76. The molecule has 2 rings (SSSR count). The molecule has 0 spiro atoms. The van der Waals surface area contributed by atoms with Gasteiger partial charge in [0.2, 0.25) is 10.0 Å². The SMILES string of the molecule is Cc1nc(CN2CCN(S(=O)(=O)CBr)CC2)cs1. The molecule has 0 atom stereocenters. The Balaban J connectivity index is 1.87. The van der Waals surface area contributed by atoms with Gasteiger partial charge in [0.15, 0.2) is 0 Å². The van der Waals surface area contributed by atoms with Gasteiger partial charge in [-0.3, -0.25) is 4.90 Å². The summed E-state index contributed by atoms with van der Waals surface area (Å²) in [6, 6.07) is 0. The molecule has 1 fully saturated rings. The van der Waals surface area contributed by atoms with E-state index < -0.39 is 10.0 Å². The highest BCUT2D eigenvalue weighted by Crippen LogP contribution is 2.14. The topological polar surface area (TPSA) is 53.5 Å². The largest absolute Gasteiger partial charge is 0.295 e. The second-order valence-electron chi connectivity index (χ2n) is 4.25. The average molecular weight is 354 g/mol. The second kappa shape index (κ2) is 5.96. The summed E-state index contributed by atoms with van der Waals surface area (Å²) >= 11 is 4.68. The number of sulfonamides is 1. The van der Waals surface area contributed by atoms with Gasteiger partial charge in [-0.2, -0.15) is 4.31 Å². The van der Waals surface area contributed by atoms with Crippen molar-refractivity contribution in [2.45, 2.75) is 13.5 Å². The van der Waals surface area contributed by atoms with E-state index in [0.717, 1.165) is 30.3 Å². The summed E-state index contributed by atoms with van der Waals surface area (Å²) in [5.74, 6) is 0. The molecule has 0 N–H and O–H groups in total. The van der Waals surface area contributed by atoms with Crippen LogP contribution in [0.5, 0.6) is 0 Å². The van der Waals surface area contributed by atoms with Crippen LogP contribution in [-0.4, -0.2) is 53.4 Å². The molecule has 0 radical (unpaired) electrons. The van der Waals surface area contributed by atoms with E-state index in [0.29, 0.717) is 13.1 Å². The molecule has 1 aromatic rings. The quantitative estimate of drug-likeness (QED) is 0.764. The zero-order valence-electron chi connectivity index (χ0n) is 10.2. The highest BCUT2D eigenvalue weighted by molar-refractivity contribution is 9.10. The van der Waals surface area contributed by atoms with Gasteiger partial charge < -0.3 is 0 Å². The molecule has 1 saturated heterocycles. The molecule has 1 aromatic heterocycles. The predicted molar refractivity (Wildman–Crippen MR) is 76.4 cm³/mol. The van der Waals surface area contributed by atoms with Gasteiger partial charge in [0.05, 0.1) is 10.7 Å². The zero-order chi connectivity index (χ0) is 13.2. The Bertz CT molecular complexity index is 495. The van der Waals surface area contributed by atoms with Gasteiger partial charge in [0.25, 0.3) is 0 Å². The van der Waals surface area contributed by atoms with E-state index in [9.17, 15) is 8.42 Å². The molecule has 0 bridgehead atoms. The fraction of sp³-hybridized carbons (Fsp3) is 0.700. The van der Waals surface area contributed by atoms with Crippen LogP contribution in [0.25, 0.3) is 0 Å². The molecule has 0 amide bonds. The van der Waals surface area contributed by atoms with Crippen molar-refractivity contribution in [3.8, 4) is 0 Å². The number of alkyl halides is 1. The molecule has 0 unspecified atom stereocenters. The Hall–Kier alpha value is -0.0200. The number of hydrogen-bond acceptors (Lipinski definition) is 5. The minimum absolute atomic E-state index is 0.00524. The molecule has 5 nitrogen and oxygen atoms in total. The summed E-state index contributed by atoms with van der Waals surface area (Å²) < 4.78 is 24.9. The average Bonchev–Trinajstić information content (AvgIpc) is 2.75. The molecular formula is C10H16BrN3O2S2. The zero-order valence-corrected chi connectivity index (χ0v) is 13.4. The normalized spacial score (nSPS) is 19.2. The van der Waals surface area contributed by atoms with Crippen LogP contribution in [-0.2, 0) is 16.6 Å². The first-order valence-corrected chi connectivity index (χ1v) is 9.29. The fourth-order valence-corrected chi connectivity index (χ4v) is 4.27. The molecule has 2 heterocycles. The van der Waals surface area contributed by atoms with E-state index in [-0.39, 0.29) is 4.66 Å². The van der Waals surface area contributed by atoms with Crippen molar-refractivity contribution >= 4 is 37.3 Å². The number of hydrogen-bond donors (Lipinski definition) is 0. The fourth-order valence-electron chi connectivity index (χ4n) is 1.94. The van der Waals surface area contributed by atoms with Crippen LogP contribution in [0.3, 0.4) is 0 Å². The molecule has 0 aromatic carbocycles. The number of halogens is 1. The smallest absolute Gasteiger partial charge is 0.224 e. The van der Waals surface area contributed by atoms with Gasteiger partial charge in [0, 0.05) is 38.1 Å². The van der Waals surface area contributed by atoms with Crippen molar-refractivity contribution in [1.82, 2.24) is 14.2 Å². The van der Waals surface area contributed by atoms with Crippen molar-refractivity contribution in [1.29, 1.82) is 0 Å². The Morgan fingerprint density at radius 1 is 1.39 bits per heavy atom. The lowest BCUT2D eigenvalue weighted by Crippen LogP contribution is -2.48. The third-order valence-corrected chi connectivity index (χ3v) is 6.90. The van der Waals surface area contributed by atoms with E-state index in [2.05, 4.69) is 31.2 Å². The summed E-state index contributed by atoms with van der Waals surface area (Å²) in [5, 5.41) is 3.14. The number of rotatable bonds is 4. The van der Waals surface area contributed by atoms with Crippen LogP contribution in [0, 0.1) is 6.92 Å². The molecule has 0 aliphatic carbocycles. The highest BCUT2D eigenvalue weighted by Gasteiger charge is 2.25.